The van der Waals surface area contributed by atoms with Crippen LogP contribution < -0.4 is 5.32 Å². The van der Waals surface area contributed by atoms with E-state index < -0.39 is 5.60 Å². The Labute approximate surface area is 166 Å². The molecule has 2 rings (SSSR count). The minimum atomic E-state index is -0.522. The summed E-state index contributed by atoms with van der Waals surface area (Å²) in [6.45, 7) is 10.8. The number of amides is 2. The smallest absolute Gasteiger partial charge is 0.410 e. The minimum absolute atomic E-state index is 0.0306. The highest BCUT2D eigenvalue weighted by atomic mass is 35.5. The highest BCUT2D eigenvalue weighted by Gasteiger charge is 2.34. The zero-order valence-electron chi connectivity index (χ0n) is 17.0. The number of hydrogen-bond acceptors (Lipinski definition) is 4. The van der Waals surface area contributed by atoms with Gasteiger partial charge >= 0.3 is 6.09 Å². The lowest BCUT2D eigenvalue weighted by molar-refractivity contribution is -0.120. The molecule has 1 saturated heterocycles. The van der Waals surface area contributed by atoms with Gasteiger partial charge in [-0.15, -0.1) is 0 Å². The standard InChI is InChI=1S/C20H30ClN3O3/c1-13-7-8-15(21)11-17(13)22-18(25)14(2)24-10-9-16(12-24)23(6)19(26)27-20(3,4)5/h7-8,11,14,16H,9-10,12H2,1-6H3,(H,22,25). The van der Waals surface area contributed by atoms with Crippen LogP contribution in [0.3, 0.4) is 0 Å². The van der Waals surface area contributed by atoms with Gasteiger partial charge in [0.1, 0.15) is 5.60 Å². The molecule has 0 radical (unpaired) electrons. The van der Waals surface area contributed by atoms with Crippen molar-refractivity contribution in [3.05, 3.63) is 28.8 Å². The van der Waals surface area contributed by atoms with Crippen molar-refractivity contribution in [2.24, 2.45) is 0 Å². The molecule has 0 saturated carbocycles. The fourth-order valence-corrected chi connectivity index (χ4v) is 3.22. The number of anilines is 1. The van der Waals surface area contributed by atoms with Crippen LogP contribution in [0.2, 0.25) is 5.02 Å². The molecule has 0 aliphatic carbocycles. The molecule has 0 spiro atoms. The molecule has 2 amide bonds. The van der Waals surface area contributed by atoms with Gasteiger partial charge in [-0.3, -0.25) is 9.69 Å². The third-order valence-electron chi connectivity index (χ3n) is 4.81. The Morgan fingerprint density at radius 1 is 1.37 bits per heavy atom. The van der Waals surface area contributed by atoms with Crippen LogP contribution in [-0.2, 0) is 9.53 Å². The molecule has 27 heavy (non-hydrogen) atoms. The fraction of sp³-hybridized carbons (Fsp3) is 0.600. The van der Waals surface area contributed by atoms with E-state index >= 15 is 0 Å². The van der Waals surface area contributed by atoms with Crippen LogP contribution in [0.4, 0.5) is 10.5 Å². The Kier molecular flexibility index (Phi) is 6.76. The maximum Gasteiger partial charge on any atom is 0.410 e. The number of ether oxygens (including phenoxy) is 1. The minimum Gasteiger partial charge on any atom is -0.444 e. The molecule has 1 heterocycles. The van der Waals surface area contributed by atoms with Crippen LogP contribution >= 0.6 is 11.6 Å². The van der Waals surface area contributed by atoms with Gasteiger partial charge in [-0.2, -0.15) is 0 Å². The Hall–Kier alpha value is -1.79. The van der Waals surface area contributed by atoms with E-state index in [1.54, 1.807) is 24.1 Å². The number of aryl methyl sites for hydroxylation is 1. The zero-order valence-corrected chi connectivity index (χ0v) is 17.8. The number of rotatable bonds is 4. The summed E-state index contributed by atoms with van der Waals surface area (Å²) in [5, 5.41) is 3.54. The summed E-state index contributed by atoms with van der Waals surface area (Å²) in [6.07, 6.45) is 0.477. The van der Waals surface area contributed by atoms with Gasteiger partial charge in [0.2, 0.25) is 5.91 Å². The summed E-state index contributed by atoms with van der Waals surface area (Å²) >= 11 is 6.03. The van der Waals surface area contributed by atoms with Crippen LogP contribution in [0.5, 0.6) is 0 Å². The Morgan fingerprint density at radius 2 is 2.04 bits per heavy atom. The third kappa shape index (κ3) is 5.84. The van der Waals surface area contributed by atoms with Crippen LogP contribution in [0.15, 0.2) is 18.2 Å². The van der Waals surface area contributed by atoms with E-state index in [1.165, 1.54) is 0 Å². The summed E-state index contributed by atoms with van der Waals surface area (Å²) in [5.41, 5.74) is 1.16. The van der Waals surface area contributed by atoms with Crippen molar-refractivity contribution in [3.8, 4) is 0 Å². The number of nitrogens with one attached hydrogen (secondary N) is 1. The second-order valence-electron chi connectivity index (χ2n) is 8.15. The first-order chi connectivity index (χ1) is 12.5. The molecule has 0 aromatic heterocycles. The van der Waals surface area contributed by atoms with Gasteiger partial charge < -0.3 is 15.0 Å². The molecule has 1 aliphatic heterocycles. The van der Waals surface area contributed by atoms with Gasteiger partial charge in [-0.05, 0) is 58.7 Å². The molecular weight excluding hydrogens is 366 g/mol. The molecule has 7 heteroatoms. The molecule has 1 aromatic carbocycles. The normalized spacial score (nSPS) is 18.9. The monoisotopic (exact) mass is 395 g/mol. The third-order valence-corrected chi connectivity index (χ3v) is 5.04. The molecule has 1 aromatic rings. The summed E-state index contributed by atoms with van der Waals surface area (Å²) in [5.74, 6) is -0.0825. The highest BCUT2D eigenvalue weighted by Crippen LogP contribution is 2.23. The van der Waals surface area contributed by atoms with Gasteiger partial charge in [0.25, 0.3) is 0 Å². The van der Waals surface area contributed by atoms with Crippen molar-refractivity contribution in [2.75, 3.05) is 25.5 Å². The second-order valence-corrected chi connectivity index (χ2v) is 8.59. The van der Waals surface area contributed by atoms with Crippen molar-refractivity contribution < 1.29 is 14.3 Å². The van der Waals surface area contributed by atoms with Gasteiger partial charge in [0.05, 0.1) is 6.04 Å². The predicted octanol–water partition coefficient (Wildman–Crippen LogP) is 3.92. The summed E-state index contributed by atoms with van der Waals surface area (Å²) in [6, 6.07) is 5.16. The number of nitrogens with zero attached hydrogens (tertiary/aromatic N) is 2. The van der Waals surface area contributed by atoms with E-state index in [0.717, 1.165) is 24.2 Å². The Bertz CT molecular complexity index is 702. The van der Waals surface area contributed by atoms with Gasteiger partial charge in [-0.25, -0.2) is 4.79 Å². The lowest BCUT2D eigenvalue weighted by Crippen LogP contribution is -2.45. The van der Waals surface area contributed by atoms with Crippen molar-refractivity contribution >= 4 is 29.3 Å². The lowest BCUT2D eigenvalue weighted by Gasteiger charge is -2.29. The predicted molar refractivity (Wildman–Crippen MR) is 108 cm³/mol. The maximum absolute atomic E-state index is 12.7. The van der Waals surface area contributed by atoms with E-state index in [-0.39, 0.29) is 24.1 Å². The van der Waals surface area contributed by atoms with E-state index in [2.05, 4.69) is 10.2 Å². The van der Waals surface area contributed by atoms with E-state index in [0.29, 0.717) is 11.6 Å². The average Bonchev–Trinajstić information content (AvgIpc) is 3.05. The fourth-order valence-electron chi connectivity index (χ4n) is 3.05. The molecule has 2 atom stereocenters. The largest absolute Gasteiger partial charge is 0.444 e. The molecule has 1 N–H and O–H groups in total. The summed E-state index contributed by atoms with van der Waals surface area (Å²) in [4.78, 5) is 28.6. The molecule has 150 valence electrons. The first-order valence-corrected chi connectivity index (χ1v) is 9.62. The summed E-state index contributed by atoms with van der Waals surface area (Å²) in [7, 11) is 1.75. The van der Waals surface area contributed by atoms with Crippen LogP contribution in [0.1, 0.15) is 39.7 Å². The number of hydrogen-bond donors (Lipinski definition) is 1. The van der Waals surface area contributed by atoms with Crippen molar-refractivity contribution in [2.45, 2.75) is 58.7 Å². The Balaban J connectivity index is 1.94. The first-order valence-electron chi connectivity index (χ1n) is 9.25. The number of likely N-dealkylation sites (tertiary alicyclic amines) is 1. The number of carbonyl (C=O) groups is 2. The Morgan fingerprint density at radius 3 is 2.67 bits per heavy atom. The van der Waals surface area contributed by atoms with Gasteiger partial charge in [0.15, 0.2) is 0 Å². The number of benzene rings is 1. The molecule has 6 nitrogen and oxygen atoms in total. The lowest BCUT2D eigenvalue weighted by atomic mass is 10.2. The van der Waals surface area contributed by atoms with Gasteiger partial charge in [0, 0.05) is 36.9 Å². The molecule has 2 unspecified atom stereocenters. The number of carbonyl (C=O) groups excluding carboxylic acids is 2. The molecule has 0 bridgehead atoms. The average molecular weight is 396 g/mol. The first kappa shape index (κ1) is 21.5. The quantitative estimate of drug-likeness (QED) is 0.839. The van der Waals surface area contributed by atoms with Crippen molar-refractivity contribution in [3.63, 3.8) is 0 Å². The van der Waals surface area contributed by atoms with Gasteiger partial charge in [-0.1, -0.05) is 17.7 Å². The van der Waals surface area contributed by atoms with Crippen LogP contribution in [0, 0.1) is 6.92 Å². The molecule has 1 aliphatic rings. The topological polar surface area (TPSA) is 61.9 Å². The maximum atomic E-state index is 12.7. The van der Waals surface area contributed by atoms with E-state index in [9.17, 15) is 9.59 Å². The van der Waals surface area contributed by atoms with Crippen molar-refractivity contribution in [1.82, 2.24) is 9.80 Å². The second kappa shape index (κ2) is 8.48. The van der Waals surface area contributed by atoms with E-state index in [1.807, 2.05) is 40.7 Å². The number of halogens is 1. The SMILES string of the molecule is Cc1ccc(Cl)cc1NC(=O)C(C)N1CCC(N(C)C(=O)OC(C)(C)C)C1. The summed E-state index contributed by atoms with van der Waals surface area (Å²) < 4.78 is 5.44. The van der Waals surface area contributed by atoms with Crippen molar-refractivity contribution in [1.29, 1.82) is 0 Å². The highest BCUT2D eigenvalue weighted by molar-refractivity contribution is 6.31. The zero-order chi connectivity index (χ0) is 20.4. The van der Waals surface area contributed by atoms with Crippen LogP contribution in [-0.4, -0.2) is 59.6 Å². The van der Waals surface area contributed by atoms with Crippen LogP contribution in [0.25, 0.3) is 0 Å². The number of likely N-dealkylation sites (N-methyl/N-ethyl adjacent to an activating group) is 1. The molecule has 1 fully saturated rings. The molecular formula is C20H30ClN3O3. The van der Waals surface area contributed by atoms with E-state index in [4.69, 9.17) is 16.3 Å².